The third-order valence-corrected chi connectivity index (χ3v) is 2.16. The number of anilines is 1. The highest BCUT2D eigenvalue weighted by atomic mass is 16.6. The van der Waals surface area contributed by atoms with Gasteiger partial charge in [-0.15, -0.1) is 0 Å². The number of carbonyl (C=O) groups excluding carboxylic acids is 1. The van der Waals surface area contributed by atoms with Crippen molar-refractivity contribution < 1.29 is 14.5 Å². The maximum absolute atomic E-state index is 10.8. The van der Waals surface area contributed by atoms with E-state index < -0.39 is 4.92 Å². The second-order valence-corrected chi connectivity index (χ2v) is 3.35. The van der Waals surface area contributed by atoms with E-state index in [-0.39, 0.29) is 17.0 Å². The van der Waals surface area contributed by atoms with Crippen LogP contribution in [0.15, 0.2) is 12.1 Å². The van der Waals surface area contributed by atoms with Crippen molar-refractivity contribution in [2.75, 3.05) is 26.1 Å². The van der Waals surface area contributed by atoms with Crippen LogP contribution in [0.25, 0.3) is 0 Å². The molecule has 0 saturated carbocycles. The number of benzene rings is 1. The van der Waals surface area contributed by atoms with Crippen LogP contribution < -0.4 is 9.64 Å². The summed E-state index contributed by atoms with van der Waals surface area (Å²) in [6, 6.07) is 2.92. The molecule has 0 aliphatic heterocycles. The molecule has 6 heteroatoms. The van der Waals surface area contributed by atoms with E-state index >= 15 is 0 Å². The molecule has 0 unspecified atom stereocenters. The van der Waals surface area contributed by atoms with Crippen molar-refractivity contribution in [2.24, 2.45) is 0 Å². The SMILES string of the molecule is COc1cc(N(C)C)cc([N+](=O)[O-])c1C=O. The molecule has 16 heavy (non-hydrogen) atoms. The van der Waals surface area contributed by atoms with E-state index in [9.17, 15) is 14.9 Å². The highest BCUT2D eigenvalue weighted by Crippen LogP contribution is 2.32. The summed E-state index contributed by atoms with van der Waals surface area (Å²) in [5.41, 5.74) is 0.310. The number of hydrogen-bond acceptors (Lipinski definition) is 5. The molecule has 1 aromatic rings. The summed E-state index contributed by atoms with van der Waals surface area (Å²) in [6.07, 6.45) is 0.427. The summed E-state index contributed by atoms with van der Waals surface area (Å²) in [7, 11) is 4.86. The summed E-state index contributed by atoms with van der Waals surface area (Å²) in [5, 5.41) is 10.8. The van der Waals surface area contributed by atoms with Crippen molar-refractivity contribution >= 4 is 17.7 Å². The largest absolute Gasteiger partial charge is 0.496 e. The first kappa shape index (κ1) is 12.0. The van der Waals surface area contributed by atoms with Gasteiger partial charge in [0.25, 0.3) is 5.69 Å². The highest BCUT2D eigenvalue weighted by Gasteiger charge is 2.20. The number of carbonyl (C=O) groups is 1. The summed E-state index contributed by atoms with van der Waals surface area (Å²) >= 11 is 0. The molecular weight excluding hydrogens is 212 g/mol. The van der Waals surface area contributed by atoms with Crippen molar-refractivity contribution in [3.63, 3.8) is 0 Å². The van der Waals surface area contributed by atoms with Gasteiger partial charge in [-0.2, -0.15) is 0 Å². The molecule has 0 heterocycles. The van der Waals surface area contributed by atoms with Gasteiger partial charge in [-0.05, 0) is 0 Å². The lowest BCUT2D eigenvalue weighted by Gasteiger charge is -2.14. The molecule has 6 nitrogen and oxygen atoms in total. The molecule has 1 aromatic carbocycles. The zero-order valence-electron chi connectivity index (χ0n) is 9.26. The molecule has 0 fully saturated rings. The van der Waals surface area contributed by atoms with Gasteiger partial charge in [0.05, 0.1) is 12.0 Å². The van der Waals surface area contributed by atoms with E-state index in [1.807, 2.05) is 0 Å². The topological polar surface area (TPSA) is 72.7 Å². The number of hydrogen-bond donors (Lipinski definition) is 0. The minimum absolute atomic E-state index is 0.0434. The van der Waals surface area contributed by atoms with Crippen molar-refractivity contribution in [2.45, 2.75) is 0 Å². The quantitative estimate of drug-likeness (QED) is 0.440. The number of aldehydes is 1. The van der Waals surface area contributed by atoms with Crippen LogP contribution in [0, 0.1) is 10.1 Å². The van der Waals surface area contributed by atoms with Gasteiger partial charge in [0.1, 0.15) is 11.3 Å². The first-order valence-electron chi connectivity index (χ1n) is 4.50. The fourth-order valence-corrected chi connectivity index (χ4v) is 1.29. The Morgan fingerprint density at radius 1 is 1.44 bits per heavy atom. The molecule has 0 spiro atoms. The van der Waals surface area contributed by atoms with Crippen LogP contribution >= 0.6 is 0 Å². The Kier molecular flexibility index (Phi) is 3.44. The number of rotatable bonds is 4. The lowest BCUT2D eigenvalue weighted by Crippen LogP contribution is -2.10. The van der Waals surface area contributed by atoms with Crippen LogP contribution in [0.2, 0.25) is 0 Å². The second kappa shape index (κ2) is 4.61. The fraction of sp³-hybridized carbons (Fsp3) is 0.300. The second-order valence-electron chi connectivity index (χ2n) is 3.35. The van der Waals surface area contributed by atoms with Gasteiger partial charge in [0, 0.05) is 31.9 Å². The van der Waals surface area contributed by atoms with E-state index in [2.05, 4.69) is 0 Å². The van der Waals surface area contributed by atoms with Gasteiger partial charge in [0.2, 0.25) is 0 Å². The molecule has 0 radical (unpaired) electrons. The number of methoxy groups -OCH3 is 1. The van der Waals surface area contributed by atoms with Gasteiger partial charge in [0.15, 0.2) is 6.29 Å². The monoisotopic (exact) mass is 224 g/mol. The molecule has 0 aliphatic carbocycles. The molecular formula is C10H12N2O4. The number of ether oxygens (including phenoxy) is 1. The van der Waals surface area contributed by atoms with Crippen LogP contribution in [0.5, 0.6) is 5.75 Å². The predicted octanol–water partition coefficient (Wildman–Crippen LogP) is 1.48. The molecule has 0 bridgehead atoms. The van der Waals surface area contributed by atoms with Crippen molar-refractivity contribution in [1.29, 1.82) is 0 Å². The summed E-state index contributed by atoms with van der Waals surface area (Å²) in [6.45, 7) is 0. The van der Waals surface area contributed by atoms with E-state index in [0.717, 1.165) is 0 Å². The normalized spacial score (nSPS) is 9.69. The average Bonchev–Trinajstić information content (AvgIpc) is 2.26. The smallest absolute Gasteiger partial charge is 0.285 e. The van der Waals surface area contributed by atoms with Crippen LogP contribution in [0.4, 0.5) is 11.4 Å². The standard InChI is InChI=1S/C10H12N2O4/c1-11(2)7-4-9(12(14)15)8(6-13)10(5-7)16-3/h4-6H,1-3H3. The molecule has 86 valence electrons. The first-order valence-corrected chi connectivity index (χ1v) is 4.50. The Morgan fingerprint density at radius 3 is 2.44 bits per heavy atom. The van der Waals surface area contributed by atoms with E-state index in [1.54, 1.807) is 25.1 Å². The van der Waals surface area contributed by atoms with Crippen molar-refractivity contribution in [1.82, 2.24) is 0 Å². The number of nitrogens with zero attached hydrogens (tertiary/aromatic N) is 2. The molecule has 0 atom stereocenters. The third kappa shape index (κ3) is 2.10. The van der Waals surface area contributed by atoms with Gasteiger partial charge < -0.3 is 9.64 Å². The Balaban J connectivity index is 3.49. The molecule has 1 rings (SSSR count). The Labute approximate surface area is 92.6 Å². The Hall–Kier alpha value is -2.11. The van der Waals surface area contributed by atoms with Crippen molar-refractivity contribution in [3.8, 4) is 5.75 Å². The number of nitro benzene ring substituents is 1. The van der Waals surface area contributed by atoms with Gasteiger partial charge in [-0.1, -0.05) is 0 Å². The van der Waals surface area contributed by atoms with Crippen LogP contribution in [-0.2, 0) is 0 Å². The molecule has 0 N–H and O–H groups in total. The lowest BCUT2D eigenvalue weighted by molar-refractivity contribution is -0.385. The zero-order chi connectivity index (χ0) is 12.3. The van der Waals surface area contributed by atoms with Gasteiger partial charge in [-0.3, -0.25) is 14.9 Å². The first-order chi connectivity index (χ1) is 7.51. The summed E-state index contributed by atoms with van der Waals surface area (Å²) in [4.78, 5) is 22.7. The maximum atomic E-state index is 10.8. The minimum atomic E-state index is -0.598. The Bertz CT molecular complexity index is 429. The lowest BCUT2D eigenvalue weighted by atomic mass is 10.1. The van der Waals surface area contributed by atoms with Gasteiger partial charge in [-0.25, -0.2) is 0 Å². The summed E-state index contributed by atoms with van der Waals surface area (Å²) < 4.78 is 4.96. The van der Waals surface area contributed by atoms with Crippen LogP contribution in [0.1, 0.15) is 10.4 Å². The van der Waals surface area contributed by atoms with Crippen LogP contribution in [-0.4, -0.2) is 32.4 Å². The van der Waals surface area contributed by atoms with E-state index in [0.29, 0.717) is 12.0 Å². The van der Waals surface area contributed by atoms with Crippen molar-refractivity contribution in [3.05, 3.63) is 27.8 Å². The predicted molar refractivity (Wildman–Crippen MR) is 59.4 cm³/mol. The molecule has 0 saturated heterocycles. The highest BCUT2D eigenvalue weighted by molar-refractivity contribution is 5.87. The molecule has 0 aliphatic rings. The summed E-state index contributed by atoms with van der Waals surface area (Å²) in [5.74, 6) is 0.202. The third-order valence-electron chi connectivity index (χ3n) is 2.16. The minimum Gasteiger partial charge on any atom is -0.496 e. The molecule has 0 aromatic heterocycles. The fourth-order valence-electron chi connectivity index (χ4n) is 1.29. The van der Waals surface area contributed by atoms with Gasteiger partial charge >= 0.3 is 0 Å². The maximum Gasteiger partial charge on any atom is 0.285 e. The zero-order valence-corrected chi connectivity index (χ0v) is 9.26. The Morgan fingerprint density at radius 2 is 2.06 bits per heavy atom. The van der Waals surface area contributed by atoms with E-state index in [4.69, 9.17) is 4.74 Å². The average molecular weight is 224 g/mol. The molecule has 0 amide bonds. The van der Waals surface area contributed by atoms with E-state index in [1.165, 1.54) is 13.2 Å². The van der Waals surface area contributed by atoms with Crippen LogP contribution in [0.3, 0.4) is 0 Å². The number of nitro groups is 1.